The molecule has 2 aromatic rings. The molecular formula is C24H29N3O4S. The Labute approximate surface area is 191 Å². The van der Waals surface area contributed by atoms with E-state index >= 15 is 0 Å². The summed E-state index contributed by atoms with van der Waals surface area (Å²) >= 11 is 1.19. The number of aryl methyl sites for hydroxylation is 1. The van der Waals surface area contributed by atoms with Gasteiger partial charge in [0, 0.05) is 25.4 Å². The van der Waals surface area contributed by atoms with Crippen molar-refractivity contribution in [2.45, 2.75) is 65.8 Å². The van der Waals surface area contributed by atoms with E-state index in [4.69, 9.17) is 4.42 Å². The fourth-order valence-electron chi connectivity index (χ4n) is 6.30. The van der Waals surface area contributed by atoms with Gasteiger partial charge in [-0.3, -0.25) is 19.7 Å². The molecule has 0 aromatic carbocycles. The number of aromatic nitrogens is 1. The maximum atomic E-state index is 13.5. The largest absolute Gasteiger partial charge is 0.469 e. The number of hydrogen-bond acceptors (Lipinski definition) is 6. The van der Waals surface area contributed by atoms with Gasteiger partial charge in [-0.05, 0) is 43.1 Å². The third kappa shape index (κ3) is 3.68. The first-order valence-corrected chi connectivity index (χ1v) is 12.0. The molecular weight excluding hydrogens is 426 g/mol. The monoisotopic (exact) mass is 455 g/mol. The molecule has 1 N–H and O–H groups in total. The number of furan rings is 1. The molecule has 2 aliphatic carbocycles. The average molecular weight is 456 g/mol. The van der Waals surface area contributed by atoms with E-state index in [-0.39, 0.29) is 46.8 Å². The third-order valence-corrected chi connectivity index (χ3v) is 8.25. The van der Waals surface area contributed by atoms with Crippen LogP contribution >= 0.6 is 11.3 Å². The van der Waals surface area contributed by atoms with Crippen molar-refractivity contribution in [3.05, 3.63) is 34.2 Å². The van der Waals surface area contributed by atoms with E-state index in [1.54, 1.807) is 13.0 Å². The van der Waals surface area contributed by atoms with Crippen molar-refractivity contribution in [1.29, 1.82) is 0 Å². The minimum Gasteiger partial charge on any atom is -0.469 e. The van der Waals surface area contributed by atoms with E-state index in [0.717, 1.165) is 25.8 Å². The Balaban J connectivity index is 1.32. The van der Waals surface area contributed by atoms with E-state index in [1.165, 1.54) is 17.6 Å². The Morgan fingerprint density at radius 3 is 2.75 bits per heavy atom. The molecule has 32 heavy (non-hydrogen) atoms. The molecule has 0 radical (unpaired) electrons. The third-order valence-electron chi connectivity index (χ3n) is 7.19. The first kappa shape index (κ1) is 21.4. The van der Waals surface area contributed by atoms with Gasteiger partial charge in [0.2, 0.25) is 5.91 Å². The van der Waals surface area contributed by atoms with Gasteiger partial charge in [0.15, 0.2) is 10.9 Å². The van der Waals surface area contributed by atoms with Crippen LogP contribution in [0.5, 0.6) is 0 Å². The predicted octanol–water partition coefficient (Wildman–Crippen LogP) is 4.47. The van der Waals surface area contributed by atoms with Crippen LogP contribution in [0.2, 0.25) is 0 Å². The Morgan fingerprint density at radius 1 is 1.25 bits per heavy atom. The molecule has 5 rings (SSSR count). The number of anilines is 1. The second kappa shape index (κ2) is 7.27. The summed E-state index contributed by atoms with van der Waals surface area (Å²) in [7, 11) is 0. The minimum atomic E-state index is -0.372. The number of carbonyl (C=O) groups is 3. The molecule has 2 amide bonds. The molecule has 2 bridgehead atoms. The molecule has 8 heteroatoms. The predicted molar refractivity (Wildman–Crippen MR) is 121 cm³/mol. The van der Waals surface area contributed by atoms with Gasteiger partial charge in [-0.2, -0.15) is 0 Å². The number of nitrogens with one attached hydrogen (secondary N) is 1. The van der Waals surface area contributed by atoms with E-state index in [2.05, 4.69) is 36.0 Å². The summed E-state index contributed by atoms with van der Waals surface area (Å²) < 4.78 is 5.19. The highest BCUT2D eigenvalue weighted by Crippen LogP contribution is 2.53. The van der Waals surface area contributed by atoms with Crippen LogP contribution in [0, 0.1) is 23.7 Å². The Morgan fingerprint density at radius 2 is 2.03 bits per heavy atom. The summed E-state index contributed by atoms with van der Waals surface area (Å²) in [6.45, 7) is 9.36. The summed E-state index contributed by atoms with van der Waals surface area (Å²) in [6, 6.07) is 1.86. The number of rotatable bonds is 3. The number of nitrogens with zero attached hydrogens (tertiary/aromatic N) is 2. The number of ketones is 1. The zero-order chi connectivity index (χ0) is 22.8. The zero-order valence-corrected chi connectivity index (χ0v) is 19.8. The summed E-state index contributed by atoms with van der Waals surface area (Å²) in [5.41, 5.74) is 1.46. The number of likely N-dealkylation sites (tertiary alicyclic amines) is 1. The quantitative estimate of drug-likeness (QED) is 0.737. The standard InChI is InChI=1S/C24H29N3O4S/c1-13-16(5-6-31-13)20(29)26-22-25-17-7-14(8-18(28)19(17)32-22)21(30)27-12-24(4)10-15(27)9-23(2,3)11-24/h5-6,14-15H,7-12H2,1-4H3,(H,25,26,29)/t14-,15-,24+/m1/s1. The van der Waals surface area contributed by atoms with Crippen LogP contribution in [0.1, 0.15) is 77.9 Å². The molecule has 7 nitrogen and oxygen atoms in total. The van der Waals surface area contributed by atoms with Gasteiger partial charge in [0.25, 0.3) is 5.91 Å². The average Bonchev–Trinajstić information content (AvgIpc) is 3.35. The summed E-state index contributed by atoms with van der Waals surface area (Å²) in [4.78, 5) is 46.0. The maximum Gasteiger partial charge on any atom is 0.260 e. The summed E-state index contributed by atoms with van der Waals surface area (Å²) in [5, 5.41) is 3.15. The van der Waals surface area contributed by atoms with Crippen LogP contribution in [-0.4, -0.2) is 40.1 Å². The number of fused-ring (bicyclic) bond motifs is 3. The highest BCUT2D eigenvalue weighted by Gasteiger charge is 2.52. The Kier molecular flexibility index (Phi) is 4.85. The Hall–Kier alpha value is -2.48. The number of amides is 2. The molecule has 3 aliphatic rings. The van der Waals surface area contributed by atoms with Gasteiger partial charge in [-0.15, -0.1) is 0 Å². The molecule has 2 fully saturated rings. The van der Waals surface area contributed by atoms with Crippen LogP contribution in [-0.2, 0) is 11.2 Å². The van der Waals surface area contributed by atoms with Crippen molar-refractivity contribution in [3.8, 4) is 0 Å². The zero-order valence-electron chi connectivity index (χ0n) is 19.0. The van der Waals surface area contributed by atoms with Crippen LogP contribution in [0.3, 0.4) is 0 Å². The summed E-state index contributed by atoms with van der Waals surface area (Å²) in [5.74, 6) is -0.137. The molecule has 0 unspecified atom stereocenters. The van der Waals surface area contributed by atoms with Gasteiger partial charge >= 0.3 is 0 Å². The smallest absolute Gasteiger partial charge is 0.260 e. The fraction of sp³-hybridized carbons (Fsp3) is 0.583. The second-order valence-electron chi connectivity index (χ2n) is 10.8. The summed E-state index contributed by atoms with van der Waals surface area (Å²) in [6.07, 6.45) is 5.31. The van der Waals surface area contributed by atoms with Crippen molar-refractivity contribution in [3.63, 3.8) is 0 Å². The topological polar surface area (TPSA) is 92.5 Å². The Bertz CT molecular complexity index is 1120. The maximum absolute atomic E-state index is 13.5. The van der Waals surface area contributed by atoms with Gasteiger partial charge < -0.3 is 9.32 Å². The lowest BCUT2D eigenvalue weighted by molar-refractivity contribution is -0.136. The molecule has 170 valence electrons. The van der Waals surface area contributed by atoms with Crippen LogP contribution in [0.15, 0.2) is 16.7 Å². The highest BCUT2D eigenvalue weighted by molar-refractivity contribution is 7.17. The minimum absolute atomic E-state index is 0.0594. The van der Waals surface area contributed by atoms with Gasteiger partial charge in [0.05, 0.1) is 28.3 Å². The van der Waals surface area contributed by atoms with E-state index in [0.29, 0.717) is 33.4 Å². The number of thiazole rings is 1. The molecule has 0 spiro atoms. The first-order chi connectivity index (χ1) is 15.0. The molecule has 1 aliphatic heterocycles. The highest BCUT2D eigenvalue weighted by atomic mass is 32.1. The number of carbonyl (C=O) groups excluding carboxylic acids is 3. The molecule has 2 aromatic heterocycles. The van der Waals surface area contributed by atoms with E-state index < -0.39 is 0 Å². The van der Waals surface area contributed by atoms with Crippen molar-refractivity contribution >= 4 is 34.1 Å². The second-order valence-corrected chi connectivity index (χ2v) is 11.8. The normalized spacial score (nSPS) is 28.5. The number of Topliss-reactive ketones (excluding diaryl/α,β-unsaturated/α-hetero) is 1. The molecule has 3 heterocycles. The van der Waals surface area contributed by atoms with Crippen molar-refractivity contribution in [2.75, 3.05) is 11.9 Å². The van der Waals surface area contributed by atoms with Crippen molar-refractivity contribution < 1.29 is 18.8 Å². The number of hydrogen-bond donors (Lipinski definition) is 1. The van der Waals surface area contributed by atoms with Gasteiger partial charge in [-0.25, -0.2) is 4.98 Å². The van der Waals surface area contributed by atoms with Crippen molar-refractivity contribution in [2.24, 2.45) is 16.7 Å². The van der Waals surface area contributed by atoms with Crippen LogP contribution in [0.25, 0.3) is 0 Å². The van der Waals surface area contributed by atoms with Gasteiger partial charge in [0.1, 0.15) is 5.76 Å². The molecule has 1 saturated carbocycles. The first-order valence-electron chi connectivity index (χ1n) is 11.2. The lowest BCUT2D eigenvalue weighted by Gasteiger charge is -2.39. The fourth-order valence-corrected chi connectivity index (χ4v) is 7.23. The van der Waals surface area contributed by atoms with Gasteiger partial charge in [-0.1, -0.05) is 32.1 Å². The van der Waals surface area contributed by atoms with E-state index in [1.807, 2.05) is 0 Å². The lowest BCUT2D eigenvalue weighted by atomic mass is 9.65. The van der Waals surface area contributed by atoms with E-state index in [9.17, 15) is 14.4 Å². The SMILES string of the molecule is Cc1occc1C(=O)Nc1nc2c(s1)C(=O)C[C@H](C(=O)N1C[C@@]3(C)C[C@H]1CC(C)(C)C3)C2. The lowest BCUT2D eigenvalue weighted by Crippen LogP contribution is -2.43. The van der Waals surface area contributed by atoms with Crippen LogP contribution in [0.4, 0.5) is 5.13 Å². The molecule has 3 atom stereocenters. The van der Waals surface area contributed by atoms with Crippen molar-refractivity contribution in [1.82, 2.24) is 9.88 Å². The molecule has 1 saturated heterocycles. The van der Waals surface area contributed by atoms with Crippen LogP contribution < -0.4 is 5.32 Å².